The molecular weight excluding hydrogens is 274 g/mol. The van der Waals surface area contributed by atoms with Crippen molar-refractivity contribution in [3.05, 3.63) is 36.2 Å². The first-order valence-electron chi connectivity index (χ1n) is 6.86. The van der Waals surface area contributed by atoms with E-state index >= 15 is 0 Å². The molecule has 0 aliphatic heterocycles. The lowest BCUT2D eigenvalue weighted by molar-refractivity contribution is 0.0949. The van der Waals surface area contributed by atoms with Crippen LogP contribution in [0.3, 0.4) is 0 Å². The van der Waals surface area contributed by atoms with E-state index in [1.165, 1.54) is 0 Å². The maximum atomic E-state index is 12.3. The van der Waals surface area contributed by atoms with Crippen LogP contribution in [0.4, 0.5) is 0 Å². The van der Waals surface area contributed by atoms with Gasteiger partial charge in [0, 0.05) is 24.3 Å². The first kappa shape index (κ1) is 13.3. The molecule has 3 rings (SSSR count). The van der Waals surface area contributed by atoms with Gasteiger partial charge >= 0.3 is 0 Å². The van der Waals surface area contributed by atoms with E-state index in [1.807, 2.05) is 12.1 Å². The van der Waals surface area contributed by atoms with Gasteiger partial charge in [0.25, 0.3) is 5.91 Å². The van der Waals surface area contributed by atoms with Gasteiger partial charge in [0.15, 0.2) is 0 Å². The molecule has 1 aliphatic carbocycles. The number of para-hydroxylation sites is 1. The lowest BCUT2D eigenvalue weighted by Gasteiger charge is -2.11. The molecule has 0 bridgehead atoms. The Morgan fingerprint density at radius 3 is 2.95 bits per heavy atom. The van der Waals surface area contributed by atoms with Gasteiger partial charge in [-0.15, -0.1) is 11.6 Å². The van der Waals surface area contributed by atoms with Crippen LogP contribution in [-0.4, -0.2) is 27.8 Å². The van der Waals surface area contributed by atoms with Gasteiger partial charge in [-0.3, -0.25) is 14.8 Å². The molecule has 1 amide bonds. The van der Waals surface area contributed by atoms with Crippen LogP contribution in [0, 0.1) is 5.92 Å². The standard InChI is InChI=1S/C15H16ClN3O/c16-11-5-4-10(8-11)9-19-15(20)12-2-1-3-13-14(12)18-7-6-17-13/h1-3,6-7,10-11H,4-5,8-9H2,(H,19,20). The Morgan fingerprint density at radius 2 is 2.15 bits per heavy atom. The predicted molar refractivity (Wildman–Crippen MR) is 78.9 cm³/mol. The number of carbonyl (C=O) groups excluding carboxylic acids is 1. The van der Waals surface area contributed by atoms with Gasteiger partial charge in [0.1, 0.15) is 5.52 Å². The molecule has 1 fully saturated rings. The van der Waals surface area contributed by atoms with Crippen LogP contribution in [0.1, 0.15) is 29.6 Å². The van der Waals surface area contributed by atoms with Crippen LogP contribution in [-0.2, 0) is 0 Å². The smallest absolute Gasteiger partial charge is 0.253 e. The summed E-state index contributed by atoms with van der Waals surface area (Å²) in [5.74, 6) is 0.400. The molecule has 0 radical (unpaired) electrons. The van der Waals surface area contributed by atoms with Crippen LogP contribution in [0.5, 0.6) is 0 Å². The summed E-state index contributed by atoms with van der Waals surface area (Å²) in [6, 6.07) is 5.47. The molecule has 1 saturated carbocycles. The summed E-state index contributed by atoms with van der Waals surface area (Å²) < 4.78 is 0. The van der Waals surface area contributed by atoms with E-state index in [4.69, 9.17) is 11.6 Å². The van der Waals surface area contributed by atoms with Crippen molar-refractivity contribution in [3.63, 3.8) is 0 Å². The first-order valence-corrected chi connectivity index (χ1v) is 7.29. The molecule has 104 valence electrons. The number of benzene rings is 1. The summed E-state index contributed by atoms with van der Waals surface area (Å²) in [5.41, 5.74) is 1.96. The van der Waals surface area contributed by atoms with Gasteiger partial charge in [-0.25, -0.2) is 0 Å². The summed E-state index contributed by atoms with van der Waals surface area (Å²) in [6.07, 6.45) is 6.35. The minimum absolute atomic E-state index is 0.0888. The SMILES string of the molecule is O=C(NCC1CCC(Cl)C1)c1cccc2nccnc12. The monoisotopic (exact) mass is 289 g/mol. The second-order valence-electron chi connectivity index (χ2n) is 5.22. The quantitative estimate of drug-likeness (QED) is 0.884. The van der Waals surface area contributed by atoms with E-state index in [-0.39, 0.29) is 11.3 Å². The van der Waals surface area contributed by atoms with E-state index in [0.29, 0.717) is 23.5 Å². The summed E-state index contributed by atoms with van der Waals surface area (Å²) in [6.45, 7) is 0.679. The van der Waals surface area contributed by atoms with Crippen LogP contribution in [0.15, 0.2) is 30.6 Å². The zero-order chi connectivity index (χ0) is 13.9. The second kappa shape index (κ2) is 5.75. The Labute approximate surface area is 122 Å². The number of alkyl halides is 1. The molecule has 1 aliphatic rings. The number of carbonyl (C=O) groups is 1. The summed E-state index contributed by atoms with van der Waals surface area (Å²) >= 11 is 6.09. The molecule has 0 spiro atoms. The third-order valence-corrected chi connectivity index (χ3v) is 4.17. The highest BCUT2D eigenvalue weighted by Crippen LogP contribution is 2.28. The zero-order valence-electron chi connectivity index (χ0n) is 11.1. The molecule has 2 aromatic rings. The first-order chi connectivity index (χ1) is 9.74. The van der Waals surface area contributed by atoms with E-state index < -0.39 is 0 Å². The van der Waals surface area contributed by atoms with E-state index in [1.54, 1.807) is 18.5 Å². The second-order valence-corrected chi connectivity index (χ2v) is 5.83. The Hall–Kier alpha value is -1.68. The number of fused-ring (bicyclic) bond motifs is 1. The van der Waals surface area contributed by atoms with Crippen molar-refractivity contribution in [1.82, 2.24) is 15.3 Å². The van der Waals surface area contributed by atoms with Crippen molar-refractivity contribution in [3.8, 4) is 0 Å². The lowest BCUT2D eigenvalue weighted by atomic mass is 10.1. The van der Waals surface area contributed by atoms with Crippen molar-refractivity contribution in [2.24, 2.45) is 5.92 Å². The van der Waals surface area contributed by atoms with E-state index in [9.17, 15) is 4.79 Å². The predicted octanol–water partition coefficient (Wildman–Crippen LogP) is 2.77. The highest BCUT2D eigenvalue weighted by atomic mass is 35.5. The van der Waals surface area contributed by atoms with Crippen LogP contribution < -0.4 is 5.32 Å². The zero-order valence-corrected chi connectivity index (χ0v) is 11.8. The molecule has 1 heterocycles. The average molecular weight is 290 g/mol. The van der Waals surface area contributed by atoms with Gasteiger partial charge in [0.05, 0.1) is 11.1 Å². The van der Waals surface area contributed by atoms with Gasteiger partial charge in [-0.1, -0.05) is 6.07 Å². The van der Waals surface area contributed by atoms with Crippen molar-refractivity contribution < 1.29 is 4.79 Å². The van der Waals surface area contributed by atoms with Crippen molar-refractivity contribution >= 4 is 28.5 Å². The maximum Gasteiger partial charge on any atom is 0.253 e. The minimum atomic E-state index is -0.0888. The van der Waals surface area contributed by atoms with Gasteiger partial charge in [0.2, 0.25) is 0 Å². The fraction of sp³-hybridized carbons (Fsp3) is 0.400. The Kier molecular flexibility index (Phi) is 3.83. The molecule has 1 N–H and O–H groups in total. The number of amides is 1. The topological polar surface area (TPSA) is 54.9 Å². The van der Waals surface area contributed by atoms with Crippen molar-refractivity contribution in [2.45, 2.75) is 24.6 Å². The van der Waals surface area contributed by atoms with E-state index in [0.717, 1.165) is 24.8 Å². The minimum Gasteiger partial charge on any atom is -0.352 e. The molecule has 1 aromatic carbocycles. The third-order valence-electron chi connectivity index (χ3n) is 3.77. The van der Waals surface area contributed by atoms with Gasteiger partial charge in [-0.2, -0.15) is 0 Å². The number of halogens is 1. The molecule has 5 heteroatoms. The number of rotatable bonds is 3. The normalized spacial score (nSPS) is 22.1. The molecule has 4 nitrogen and oxygen atoms in total. The number of hydrogen-bond acceptors (Lipinski definition) is 3. The molecule has 0 saturated heterocycles. The molecule has 20 heavy (non-hydrogen) atoms. The highest BCUT2D eigenvalue weighted by molar-refractivity contribution is 6.20. The average Bonchev–Trinajstić information content (AvgIpc) is 2.90. The van der Waals surface area contributed by atoms with Crippen molar-refractivity contribution in [1.29, 1.82) is 0 Å². The fourth-order valence-electron chi connectivity index (χ4n) is 2.71. The lowest BCUT2D eigenvalue weighted by Crippen LogP contribution is -2.28. The Balaban J connectivity index is 1.72. The molecule has 1 aromatic heterocycles. The molecule has 2 atom stereocenters. The maximum absolute atomic E-state index is 12.3. The van der Waals surface area contributed by atoms with Gasteiger partial charge in [-0.05, 0) is 37.3 Å². The van der Waals surface area contributed by atoms with E-state index in [2.05, 4.69) is 15.3 Å². The van der Waals surface area contributed by atoms with Crippen LogP contribution >= 0.6 is 11.6 Å². The Morgan fingerprint density at radius 1 is 1.30 bits per heavy atom. The number of nitrogens with one attached hydrogen (secondary N) is 1. The number of aromatic nitrogens is 2. The number of nitrogens with zero attached hydrogens (tertiary/aromatic N) is 2. The summed E-state index contributed by atoms with van der Waals surface area (Å²) in [5, 5.41) is 3.25. The third kappa shape index (κ3) is 2.75. The van der Waals surface area contributed by atoms with Crippen LogP contribution in [0.2, 0.25) is 0 Å². The molecule has 2 unspecified atom stereocenters. The highest BCUT2D eigenvalue weighted by Gasteiger charge is 2.23. The Bertz CT molecular complexity index is 626. The fourth-order valence-corrected chi connectivity index (χ4v) is 3.09. The van der Waals surface area contributed by atoms with Crippen molar-refractivity contribution in [2.75, 3.05) is 6.54 Å². The summed E-state index contributed by atoms with van der Waals surface area (Å²) in [7, 11) is 0. The van der Waals surface area contributed by atoms with Crippen LogP contribution in [0.25, 0.3) is 11.0 Å². The number of hydrogen-bond donors (Lipinski definition) is 1. The van der Waals surface area contributed by atoms with Gasteiger partial charge < -0.3 is 5.32 Å². The summed E-state index contributed by atoms with van der Waals surface area (Å²) in [4.78, 5) is 20.7. The molecular formula is C15H16ClN3O. The largest absolute Gasteiger partial charge is 0.352 e.